The molecule has 0 aliphatic rings. The highest BCUT2D eigenvalue weighted by molar-refractivity contribution is 9.10. The maximum Gasteiger partial charge on any atom is 0.142 e. The van der Waals surface area contributed by atoms with Gasteiger partial charge in [-0.15, -0.1) is 0 Å². The Morgan fingerprint density at radius 3 is 2.63 bits per heavy atom. The molecule has 0 aromatic heterocycles. The molecule has 0 heterocycles. The summed E-state index contributed by atoms with van der Waals surface area (Å²) in [6, 6.07) is 11.5. The molecule has 0 radical (unpaired) electrons. The lowest BCUT2D eigenvalue weighted by Crippen LogP contribution is -2.00. The van der Waals surface area contributed by atoms with E-state index in [0.29, 0.717) is 18.0 Å². The molecular weight excluding hydrogens is 306 g/mol. The van der Waals surface area contributed by atoms with Gasteiger partial charge in [0, 0.05) is 10.0 Å². The number of rotatable bonds is 4. The summed E-state index contributed by atoms with van der Waals surface area (Å²) < 4.78 is 11.9. The predicted molar refractivity (Wildman–Crippen MR) is 80.6 cm³/mol. The monoisotopic (exact) mass is 321 g/mol. The zero-order valence-electron chi connectivity index (χ0n) is 10.9. The Morgan fingerprint density at radius 2 is 1.95 bits per heavy atom. The van der Waals surface area contributed by atoms with Crippen LogP contribution in [0.25, 0.3) is 0 Å². The van der Waals surface area contributed by atoms with Gasteiger partial charge in [-0.05, 0) is 42.8 Å². The van der Waals surface area contributed by atoms with Crippen LogP contribution in [0.5, 0.6) is 11.5 Å². The Bertz CT molecular complexity index is 584. The van der Waals surface area contributed by atoms with E-state index >= 15 is 0 Å². The van der Waals surface area contributed by atoms with Crippen LogP contribution in [0.1, 0.15) is 11.1 Å². The highest BCUT2D eigenvalue weighted by Gasteiger charge is 2.05. The van der Waals surface area contributed by atoms with Gasteiger partial charge >= 0.3 is 0 Å². The predicted octanol–water partition coefficient (Wildman–Crippen LogP) is 3.93. The summed E-state index contributed by atoms with van der Waals surface area (Å²) >= 11 is 3.50. The second-order valence-electron chi connectivity index (χ2n) is 4.29. The number of hydrogen-bond donors (Lipinski definition) is 1. The first-order chi connectivity index (χ1) is 9.10. The van der Waals surface area contributed by atoms with Crippen LogP contribution < -0.4 is 15.2 Å². The SMILES string of the molecule is COc1ccc(Br)c(COc2ccc(C)cc2N)c1. The van der Waals surface area contributed by atoms with Crippen molar-refractivity contribution >= 4 is 21.6 Å². The maximum absolute atomic E-state index is 5.92. The van der Waals surface area contributed by atoms with Crippen molar-refractivity contribution in [1.82, 2.24) is 0 Å². The molecule has 0 fully saturated rings. The van der Waals surface area contributed by atoms with Crippen molar-refractivity contribution in [3.05, 3.63) is 52.0 Å². The van der Waals surface area contributed by atoms with Gasteiger partial charge < -0.3 is 15.2 Å². The van der Waals surface area contributed by atoms with E-state index in [1.165, 1.54) is 0 Å². The van der Waals surface area contributed by atoms with Crippen molar-refractivity contribution in [3.63, 3.8) is 0 Å². The van der Waals surface area contributed by atoms with E-state index in [2.05, 4.69) is 15.9 Å². The van der Waals surface area contributed by atoms with Crippen LogP contribution in [0, 0.1) is 6.92 Å². The number of hydrogen-bond acceptors (Lipinski definition) is 3. The zero-order valence-corrected chi connectivity index (χ0v) is 12.5. The summed E-state index contributed by atoms with van der Waals surface area (Å²) in [5.74, 6) is 1.50. The van der Waals surface area contributed by atoms with Gasteiger partial charge in [-0.25, -0.2) is 0 Å². The van der Waals surface area contributed by atoms with E-state index in [0.717, 1.165) is 21.3 Å². The average Bonchev–Trinajstić information content (AvgIpc) is 2.39. The minimum Gasteiger partial charge on any atom is -0.497 e. The number of ether oxygens (including phenoxy) is 2. The molecule has 2 aromatic rings. The second kappa shape index (κ2) is 5.97. The Kier molecular flexibility index (Phi) is 4.32. The van der Waals surface area contributed by atoms with Gasteiger partial charge in [0.1, 0.15) is 18.1 Å². The first-order valence-corrected chi connectivity index (χ1v) is 6.71. The fourth-order valence-electron chi connectivity index (χ4n) is 1.74. The third-order valence-electron chi connectivity index (χ3n) is 2.80. The smallest absolute Gasteiger partial charge is 0.142 e. The van der Waals surface area contributed by atoms with Gasteiger partial charge in [0.05, 0.1) is 12.8 Å². The molecular formula is C15H16BrNO2. The molecule has 0 saturated carbocycles. The van der Waals surface area contributed by atoms with E-state index in [9.17, 15) is 0 Å². The Hall–Kier alpha value is -1.68. The number of benzene rings is 2. The molecule has 3 nitrogen and oxygen atoms in total. The van der Waals surface area contributed by atoms with Crippen molar-refractivity contribution in [2.24, 2.45) is 0 Å². The Morgan fingerprint density at radius 1 is 1.16 bits per heavy atom. The Labute approximate surface area is 121 Å². The highest BCUT2D eigenvalue weighted by Crippen LogP contribution is 2.27. The van der Waals surface area contributed by atoms with E-state index in [1.807, 2.05) is 43.3 Å². The summed E-state index contributed by atoms with van der Waals surface area (Å²) in [5.41, 5.74) is 8.70. The van der Waals surface area contributed by atoms with Crippen LogP contribution in [0.2, 0.25) is 0 Å². The number of methoxy groups -OCH3 is 1. The van der Waals surface area contributed by atoms with Crippen LogP contribution in [-0.4, -0.2) is 7.11 Å². The van der Waals surface area contributed by atoms with E-state index in [4.69, 9.17) is 15.2 Å². The molecule has 19 heavy (non-hydrogen) atoms. The van der Waals surface area contributed by atoms with E-state index in [-0.39, 0.29) is 0 Å². The van der Waals surface area contributed by atoms with Crippen LogP contribution in [0.4, 0.5) is 5.69 Å². The van der Waals surface area contributed by atoms with Gasteiger partial charge in [0.25, 0.3) is 0 Å². The van der Waals surface area contributed by atoms with Gasteiger partial charge in [-0.1, -0.05) is 22.0 Å². The van der Waals surface area contributed by atoms with Crippen molar-refractivity contribution in [1.29, 1.82) is 0 Å². The molecule has 2 rings (SSSR count). The molecule has 0 unspecified atom stereocenters. The fraction of sp³-hybridized carbons (Fsp3) is 0.200. The molecule has 100 valence electrons. The number of halogens is 1. The van der Waals surface area contributed by atoms with Gasteiger partial charge in [0.15, 0.2) is 0 Å². The lowest BCUT2D eigenvalue weighted by molar-refractivity contribution is 0.306. The van der Waals surface area contributed by atoms with Crippen LogP contribution in [0.3, 0.4) is 0 Å². The first-order valence-electron chi connectivity index (χ1n) is 5.91. The second-order valence-corrected chi connectivity index (χ2v) is 5.14. The number of nitrogens with two attached hydrogens (primary N) is 1. The van der Waals surface area contributed by atoms with Gasteiger partial charge in [0.2, 0.25) is 0 Å². The van der Waals surface area contributed by atoms with E-state index in [1.54, 1.807) is 7.11 Å². The van der Waals surface area contributed by atoms with Gasteiger partial charge in [-0.3, -0.25) is 0 Å². The van der Waals surface area contributed by atoms with Crippen LogP contribution in [0.15, 0.2) is 40.9 Å². The molecule has 2 N–H and O–H groups in total. The quantitative estimate of drug-likeness (QED) is 0.868. The largest absolute Gasteiger partial charge is 0.497 e. The van der Waals surface area contributed by atoms with Crippen LogP contribution in [-0.2, 0) is 6.61 Å². The molecule has 0 atom stereocenters. The molecule has 0 aliphatic carbocycles. The highest BCUT2D eigenvalue weighted by atomic mass is 79.9. The zero-order chi connectivity index (χ0) is 13.8. The van der Waals surface area contributed by atoms with Crippen molar-refractivity contribution in [2.45, 2.75) is 13.5 Å². The van der Waals surface area contributed by atoms with Gasteiger partial charge in [-0.2, -0.15) is 0 Å². The maximum atomic E-state index is 5.92. The summed E-state index contributed by atoms with van der Waals surface area (Å²) in [4.78, 5) is 0. The lowest BCUT2D eigenvalue weighted by atomic mass is 10.2. The lowest BCUT2D eigenvalue weighted by Gasteiger charge is -2.11. The number of anilines is 1. The topological polar surface area (TPSA) is 44.5 Å². The minimum absolute atomic E-state index is 0.436. The molecule has 2 aromatic carbocycles. The fourth-order valence-corrected chi connectivity index (χ4v) is 2.10. The summed E-state index contributed by atoms with van der Waals surface area (Å²) in [5, 5.41) is 0. The number of aryl methyl sites for hydroxylation is 1. The molecule has 4 heteroatoms. The summed E-state index contributed by atoms with van der Waals surface area (Å²) in [7, 11) is 1.64. The average molecular weight is 322 g/mol. The standard InChI is InChI=1S/C15H16BrNO2/c1-10-3-6-15(14(17)7-10)19-9-11-8-12(18-2)4-5-13(11)16/h3-8H,9,17H2,1-2H3. The molecule has 0 saturated heterocycles. The normalized spacial score (nSPS) is 10.3. The molecule has 0 aliphatic heterocycles. The van der Waals surface area contributed by atoms with Crippen molar-refractivity contribution in [2.75, 3.05) is 12.8 Å². The third-order valence-corrected chi connectivity index (χ3v) is 3.57. The third kappa shape index (κ3) is 3.41. The number of nitrogen functional groups attached to an aromatic ring is 1. The van der Waals surface area contributed by atoms with Crippen molar-refractivity contribution in [3.8, 4) is 11.5 Å². The van der Waals surface area contributed by atoms with E-state index < -0.39 is 0 Å². The van der Waals surface area contributed by atoms with Crippen LogP contribution >= 0.6 is 15.9 Å². The van der Waals surface area contributed by atoms with Crippen molar-refractivity contribution < 1.29 is 9.47 Å². The summed E-state index contributed by atoms with van der Waals surface area (Å²) in [6.45, 7) is 2.43. The Balaban J connectivity index is 2.14. The molecule has 0 bridgehead atoms. The molecule has 0 amide bonds. The minimum atomic E-state index is 0.436. The molecule has 0 spiro atoms. The summed E-state index contributed by atoms with van der Waals surface area (Å²) in [6.07, 6.45) is 0. The first kappa shape index (κ1) is 13.7.